The molecule has 0 aromatic heterocycles. The van der Waals surface area contributed by atoms with E-state index >= 15 is 0 Å². The molecule has 2 aliphatic heterocycles. The highest BCUT2D eigenvalue weighted by atomic mass is 32.2. The van der Waals surface area contributed by atoms with E-state index in [1.807, 2.05) is 36.4 Å². The van der Waals surface area contributed by atoms with Crippen LogP contribution in [0.5, 0.6) is 0 Å². The first-order chi connectivity index (χ1) is 12.2. The fourth-order valence-corrected chi connectivity index (χ4v) is 11.9. The van der Waals surface area contributed by atoms with Gasteiger partial charge in [-0.1, -0.05) is 60.7 Å². The molecule has 2 nitrogen and oxygen atoms in total. The second-order valence-electron chi connectivity index (χ2n) is 8.40. The van der Waals surface area contributed by atoms with Gasteiger partial charge in [-0.15, -0.1) is 0 Å². The molecular formula is C22H22O2S. The van der Waals surface area contributed by atoms with Gasteiger partial charge >= 0.3 is 0 Å². The molecule has 6 rings (SSSR count). The molecule has 6 atom stereocenters. The second-order valence-corrected chi connectivity index (χ2v) is 10.8. The number of hydrogen-bond acceptors (Lipinski definition) is 2. The lowest BCUT2D eigenvalue weighted by Gasteiger charge is -2.38. The van der Waals surface area contributed by atoms with Gasteiger partial charge in [-0.2, -0.15) is 0 Å². The minimum absolute atomic E-state index is 0.295. The van der Waals surface area contributed by atoms with E-state index in [-0.39, 0.29) is 0 Å². The summed E-state index contributed by atoms with van der Waals surface area (Å²) in [6.07, 6.45) is 4.31. The molecule has 2 unspecified atom stereocenters. The number of fused-ring (bicyclic) bond motifs is 2. The van der Waals surface area contributed by atoms with Gasteiger partial charge in [0.2, 0.25) is 0 Å². The van der Waals surface area contributed by atoms with E-state index < -0.39 is 19.3 Å². The van der Waals surface area contributed by atoms with Gasteiger partial charge in [0.1, 0.15) is 9.49 Å². The van der Waals surface area contributed by atoms with Crippen LogP contribution in [0, 0.1) is 23.7 Å². The fraction of sp³-hybridized carbons (Fsp3) is 0.455. The molecule has 2 aliphatic carbocycles. The normalized spacial score (nSPS) is 45.1. The lowest BCUT2D eigenvalue weighted by molar-refractivity contribution is 0.166. The zero-order valence-electron chi connectivity index (χ0n) is 14.1. The summed E-state index contributed by atoms with van der Waals surface area (Å²) in [6, 6.07) is 20.4. The minimum atomic E-state index is -3.29. The average Bonchev–Trinajstić information content (AvgIpc) is 3.22. The molecule has 2 aromatic rings. The molecule has 2 aromatic carbocycles. The van der Waals surface area contributed by atoms with Crippen LogP contribution in [-0.2, 0) is 19.3 Å². The van der Waals surface area contributed by atoms with E-state index in [2.05, 4.69) is 24.3 Å². The van der Waals surface area contributed by atoms with Crippen LogP contribution in [0.25, 0.3) is 0 Å². The van der Waals surface area contributed by atoms with Crippen LogP contribution in [0.2, 0.25) is 0 Å². The summed E-state index contributed by atoms with van der Waals surface area (Å²) in [5, 5.41) is 0. The Morgan fingerprint density at radius 3 is 1.24 bits per heavy atom. The molecule has 0 radical (unpaired) electrons. The van der Waals surface area contributed by atoms with E-state index in [1.165, 1.54) is 0 Å². The molecule has 4 aliphatic rings. The summed E-state index contributed by atoms with van der Waals surface area (Å²) >= 11 is 0. The molecule has 4 fully saturated rings. The third kappa shape index (κ3) is 1.25. The Morgan fingerprint density at radius 2 is 0.920 bits per heavy atom. The molecule has 2 saturated heterocycles. The lowest BCUT2D eigenvalue weighted by Crippen LogP contribution is -2.40. The zero-order chi connectivity index (χ0) is 16.9. The van der Waals surface area contributed by atoms with Gasteiger partial charge in [0.05, 0.1) is 0 Å². The Kier molecular flexibility index (Phi) is 2.55. The van der Waals surface area contributed by atoms with Crippen LogP contribution in [0.3, 0.4) is 0 Å². The summed E-state index contributed by atoms with van der Waals surface area (Å²) in [4.78, 5) is 0. The standard InChI is InChI=1S/C22H22O2S/c23-25(24)21(15-7-3-1-4-8-15)17-11-12-18(21)20-14-13-19(17)22(20,25)16-9-5-2-6-10-16/h1-10,17-20H,11-14H2/t17-,18-,19-,20+,21?,22?/m0/s1. The highest BCUT2D eigenvalue weighted by molar-refractivity contribution is 7.94. The van der Waals surface area contributed by atoms with Gasteiger partial charge in [-0.05, 0) is 60.5 Å². The van der Waals surface area contributed by atoms with Gasteiger partial charge < -0.3 is 0 Å². The van der Waals surface area contributed by atoms with E-state index in [0.717, 1.165) is 36.8 Å². The van der Waals surface area contributed by atoms with Crippen molar-refractivity contribution in [3.63, 3.8) is 0 Å². The molecule has 2 heterocycles. The van der Waals surface area contributed by atoms with Gasteiger partial charge in [0.15, 0.2) is 9.84 Å². The van der Waals surface area contributed by atoms with Crippen molar-refractivity contribution in [1.29, 1.82) is 0 Å². The topological polar surface area (TPSA) is 34.1 Å². The van der Waals surface area contributed by atoms with Gasteiger partial charge in [-0.3, -0.25) is 0 Å². The third-order valence-corrected chi connectivity index (χ3v) is 11.6. The highest BCUT2D eigenvalue weighted by Gasteiger charge is 2.87. The van der Waals surface area contributed by atoms with Crippen LogP contribution < -0.4 is 0 Å². The van der Waals surface area contributed by atoms with Crippen molar-refractivity contribution >= 4 is 9.84 Å². The van der Waals surface area contributed by atoms with E-state index in [1.54, 1.807) is 0 Å². The molecule has 0 amide bonds. The van der Waals surface area contributed by atoms with Crippen LogP contribution in [-0.4, -0.2) is 8.42 Å². The molecule has 2 saturated carbocycles. The first-order valence-electron chi connectivity index (χ1n) is 9.52. The molecule has 0 spiro atoms. The minimum Gasteiger partial charge on any atom is -0.227 e. The number of rotatable bonds is 2. The summed E-state index contributed by atoms with van der Waals surface area (Å²) in [7, 11) is -3.29. The Bertz CT molecular complexity index is 855. The Balaban J connectivity index is 1.73. The van der Waals surface area contributed by atoms with Crippen molar-refractivity contribution in [2.75, 3.05) is 0 Å². The van der Waals surface area contributed by atoms with Crippen LogP contribution >= 0.6 is 0 Å². The maximum absolute atomic E-state index is 14.3. The number of sulfone groups is 1. The SMILES string of the molecule is O=S1(=O)C2(c3ccccc3)[C@@H]3CC[C@H]2[C@@H]2CC[C@@H]3C21c1ccccc1. The van der Waals surface area contributed by atoms with Crippen molar-refractivity contribution in [2.45, 2.75) is 35.2 Å². The number of benzene rings is 2. The van der Waals surface area contributed by atoms with Gasteiger partial charge in [0.25, 0.3) is 0 Å². The largest absolute Gasteiger partial charge is 0.227 e. The van der Waals surface area contributed by atoms with Crippen molar-refractivity contribution in [1.82, 2.24) is 0 Å². The van der Waals surface area contributed by atoms with E-state index in [4.69, 9.17) is 0 Å². The summed E-state index contributed by atoms with van der Waals surface area (Å²) < 4.78 is 27.4. The average molecular weight is 350 g/mol. The Hall–Kier alpha value is -1.61. The molecular weight excluding hydrogens is 328 g/mol. The van der Waals surface area contributed by atoms with Gasteiger partial charge in [-0.25, -0.2) is 8.42 Å². The molecule has 0 N–H and O–H groups in total. The predicted molar refractivity (Wildman–Crippen MR) is 97.6 cm³/mol. The molecule has 128 valence electrons. The third-order valence-electron chi connectivity index (χ3n) is 8.09. The molecule has 25 heavy (non-hydrogen) atoms. The predicted octanol–water partition coefficient (Wildman–Crippen LogP) is 4.27. The van der Waals surface area contributed by atoms with Crippen molar-refractivity contribution in [3.05, 3.63) is 71.8 Å². The number of hydrogen-bond donors (Lipinski definition) is 0. The van der Waals surface area contributed by atoms with Crippen molar-refractivity contribution in [3.8, 4) is 0 Å². The Morgan fingerprint density at radius 1 is 0.600 bits per heavy atom. The van der Waals surface area contributed by atoms with Crippen LogP contribution in [0.4, 0.5) is 0 Å². The summed E-state index contributed by atoms with van der Waals surface area (Å²) in [5.74, 6) is 1.18. The maximum atomic E-state index is 14.3. The maximum Gasteiger partial charge on any atom is 0.171 e. The van der Waals surface area contributed by atoms with Crippen molar-refractivity contribution < 1.29 is 8.42 Å². The summed E-state index contributed by atoms with van der Waals surface area (Å²) in [5.41, 5.74) is 2.13. The first kappa shape index (κ1) is 14.5. The van der Waals surface area contributed by atoms with Crippen molar-refractivity contribution in [2.24, 2.45) is 23.7 Å². The smallest absolute Gasteiger partial charge is 0.171 e. The first-order valence-corrected chi connectivity index (χ1v) is 11.0. The summed E-state index contributed by atoms with van der Waals surface area (Å²) in [6.45, 7) is 0. The second kappa shape index (κ2) is 4.37. The molecule has 3 heteroatoms. The van der Waals surface area contributed by atoms with Gasteiger partial charge in [0, 0.05) is 0 Å². The van der Waals surface area contributed by atoms with Crippen LogP contribution in [0.1, 0.15) is 36.8 Å². The molecule has 2 bridgehead atoms. The monoisotopic (exact) mass is 350 g/mol. The van der Waals surface area contributed by atoms with E-state index in [0.29, 0.717) is 23.7 Å². The van der Waals surface area contributed by atoms with E-state index in [9.17, 15) is 8.42 Å². The quantitative estimate of drug-likeness (QED) is 0.810. The zero-order valence-corrected chi connectivity index (χ0v) is 15.0. The van der Waals surface area contributed by atoms with Crippen LogP contribution in [0.15, 0.2) is 60.7 Å². The lowest BCUT2D eigenvalue weighted by atomic mass is 9.62. The Labute approximate surface area is 149 Å². The highest BCUT2D eigenvalue weighted by Crippen LogP contribution is 2.83. The fourth-order valence-electron chi connectivity index (χ4n) is 7.77.